The van der Waals surface area contributed by atoms with E-state index in [1.54, 1.807) is 0 Å². The SMILES string of the molecule is SC1CCCCCCCCCC(S)C1S. The summed E-state index contributed by atoms with van der Waals surface area (Å²) in [6.45, 7) is 0. The van der Waals surface area contributed by atoms with Crippen LogP contribution >= 0.6 is 37.9 Å². The zero-order valence-corrected chi connectivity index (χ0v) is 12.1. The average Bonchev–Trinajstić information content (AvgIpc) is 2.23. The van der Waals surface area contributed by atoms with E-state index in [-0.39, 0.29) is 0 Å². The fourth-order valence-electron chi connectivity index (χ4n) is 2.19. The molecule has 0 bridgehead atoms. The summed E-state index contributed by atoms with van der Waals surface area (Å²) in [4.78, 5) is 0. The third-order valence-corrected chi connectivity index (χ3v) is 5.64. The maximum Gasteiger partial charge on any atom is 0.0250 e. The first kappa shape index (κ1) is 14.1. The van der Waals surface area contributed by atoms with Crippen molar-refractivity contribution in [3.8, 4) is 0 Å². The van der Waals surface area contributed by atoms with E-state index in [0.29, 0.717) is 15.7 Å². The Kier molecular flexibility index (Phi) is 7.70. The van der Waals surface area contributed by atoms with Crippen molar-refractivity contribution in [2.24, 2.45) is 0 Å². The van der Waals surface area contributed by atoms with Crippen molar-refractivity contribution in [1.29, 1.82) is 0 Å². The number of hydrogen-bond donors (Lipinski definition) is 3. The molecular weight excluding hydrogens is 240 g/mol. The molecule has 0 spiro atoms. The van der Waals surface area contributed by atoms with Gasteiger partial charge in [0, 0.05) is 15.7 Å². The van der Waals surface area contributed by atoms with E-state index in [1.165, 1.54) is 57.8 Å². The van der Waals surface area contributed by atoms with Crippen LogP contribution in [-0.2, 0) is 0 Å². The van der Waals surface area contributed by atoms with Crippen LogP contribution in [0.15, 0.2) is 0 Å². The predicted octanol–water partition coefficient (Wildman–Crippen LogP) is 4.41. The summed E-state index contributed by atoms with van der Waals surface area (Å²) >= 11 is 14.0. The van der Waals surface area contributed by atoms with Crippen molar-refractivity contribution >= 4 is 37.9 Å². The van der Waals surface area contributed by atoms with Gasteiger partial charge in [-0.3, -0.25) is 0 Å². The van der Waals surface area contributed by atoms with Gasteiger partial charge >= 0.3 is 0 Å². The lowest BCUT2D eigenvalue weighted by molar-refractivity contribution is 0.523. The molecule has 0 aromatic rings. The van der Waals surface area contributed by atoms with E-state index < -0.39 is 0 Å². The number of hydrogen-bond acceptors (Lipinski definition) is 3. The summed E-state index contributed by atoms with van der Waals surface area (Å²) < 4.78 is 0. The molecule has 0 radical (unpaired) electrons. The van der Waals surface area contributed by atoms with Gasteiger partial charge in [0.05, 0.1) is 0 Å². The molecule has 1 aliphatic carbocycles. The summed E-state index contributed by atoms with van der Waals surface area (Å²) in [6, 6.07) is 0. The first-order valence-corrected chi connectivity index (χ1v) is 7.81. The summed E-state index contributed by atoms with van der Waals surface area (Å²) in [5.74, 6) is 0. The van der Waals surface area contributed by atoms with E-state index in [9.17, 15) is 0 Å². The molecule has 1 rings (SSSR count). The van der Waals surface area contributed by atoms with Gasteiger partial charge in [-0.05, 0) is 12.8 Å². The molecule has 15 heavy (non-hydrogen) atoms. The van der Waals surface area contributed by atoms with E-state index in [2.05, 4.69) is 37.9 Å². The molecule has 0 aliphatic heterocycles. The fourth-order valence-corrected chi connectivity index (χ4v) is 3.40. The molecule has 2 atom stereocenters. The Morgan fingerprint density at radius 1 is 0.533 bits per heavy atom. The molecule has 0 saturated heterocycles. The molecule has 0 N–H and O–H groups in total. The van der Waals surface area contributed by atoms with Crippen LogP contribution in [0.3, 0.4) is 0 Å². The Balaban J connectivity index is 2.36. The minimum atomic E-state index is 0.357. The topological polar surface area (TPSA) is 0 Å². The highest BCUT2D eigenvalue weighted by Crippen LogP contribution is 2.26. The molecule has 0 aromatic heterocycles. The van der Waals surface area contributed by atoms with Gasteiger partial charge in [-0.2, -0.15) is 37.9 Å². The van der Waals surface area contributed by atoms with Gasteiger partial charge in [0.2, 0.25) is 0 Å². The van der Waals surface area contributed by atoms with Gasteiger partial charge in [0.25, 0.3) is 0 Å². The van der Waals surface area contributed by atoms with Crippen molar-refractivity contribution in [3.05, 3.63) is 0 Å². The zero-order chi connectivity index (χ0) is 11.1. The van der Waals surface area contributed by atoms with Gasteiger partial charge in [0.15, 0.2) is 0 Å². The number of thiol groups is 3. The van der Waals surface area contributed by atoms with Gasteiger partial charge in [-0.15, -0.1) is 0 Å². The third kappa shape index (κ3) is 5.78. The molecule has 1 fully saturated rings. The van der Waals surface area contributed by atoms with Crippen molar-refractivity contribution in [2.45, 2.75) is 73.5 Å². The Labute approximate surface area is 111 Å². The summed E-state index contributed by atoms with van der Waals surface area (Å²) in [6.07, 6.45) is 12.0. The minimum Gasteiger partial charge on any atom is -0.175 e. The van der Waals surface area contributed by atoms with E-state index in [4.69, 9.17) is 0 Å². The molecule has 0 heterocycles. The van der Waals surface area contributed by atoms with Crippen LogP contribution in [0.4, 0.5) is 0 Å². The maximum atomic E-state index is 4.66. The minimum absolute atomic E-state index is 0.357. The van der Waals surface area contributed by atoms with Crippen molar-refractivity contribution in [1.82, 2.24) is 0 Å². The van der Waals surface area contributed by atoms with Gasteiger partial charge in [-0.1, -0.05) is 44.9 Å². The Hall–Kier alpha value is 1.05. The van der Waals surface area contributed by atoms with Crippen molar-refractivity contribution in [3.63, 3.8) is 0 Å². The lowest BCUT2D eigenvalue weighted by atomic mass is 10.00. The highest BCUT2D eigenvalue weighted by atomic mass is 32.1. The van der Waals surface area contributed by atoms with Gasteiger partial charge in [0.1, 0.15) is 0 Å². The zero-order valence-electron chi connectivity index (χ0n) is 9.44. The molecule has 90 valence electrons. The van der Waals surface area contributed by atoms with Crippen LogP contribution in [0.5, 0.6) is 0 Å². The Bertz CT molecular complexity index is 145. The van der Waals surface area contributed by atoms with Crippen LogP contribution in [-0.4, -0.2) is 15.7 Å². The molecular formula is C12H24S3. The smallest absolute Gasteiger partial charge is 0.0250 e. The second-order valence-corrected chi connectivity index (χ2v) is 6.60. The molecule has 3 heteroatoms. The van der Waals surface area contributed by atoms with Crippen LogP contribution in [0, 0.1) is 0 Å². The standard InChI is InChI=1S/C12H24S3/c13-10-8-6-4-2-1-3-5-7-9-11(14)12(10)15/h10-15H,1-9H2. The maximum absolute atomic E-state index is 4.66. The molecule has 0 amide bonds. The first-order chi connectivity index (χ1) is 7.22. The van der Waals surface area contributed by atoms with Crippen LogP contribution in [0.2, 0.25) is 0 Å². The fraction of sp³-hybridized carbons (Fsp3) is 1.00. The second-order valence-electron chi connectivity index (χ2n) is 4.68. The van der Waals surface area contributed by atoms with Gasteiger partial charge in [-0.25, -0.2) is 0 Å². The second kappa shape index (κ2) is 8.19. The molecule has 0 aromatic carbocycles. The summed E-state index contributed by atoms with van der Waals surface area (Å²) in [5.41, 5.74) is 0. The van der Waals surface area contributed by atoms with Crippen molar-refractivity contribution < 1.29 is 0 Å². The van der Waals surface area contributed by atoms with Crippen LogP contribution in [0.1, 0.15) is 57.8 Å². The third-order valence-electron chi connectivity index (χ3n) is 3.29. The predicted molar refractivity (Wildman–Crippen MR) is 79.9 cm³/mol. The normalized spacial score (nSPS) is 36.6. The quantitative estimate of drug-likeness (QED) is 0.531. The summed E-state index contributed by atoms with van der Waals surface area (Å²) in [7, 11) is 0. The lowest BCUT2D eigenvalue weighted by Gasteiger charge is -2.24. The Morgan fingerprint density at radius 3 is 1.27 bits per heavy atom. The average molecular weight is 265 g/mol. The summed E-state index contributed by atoms with van der Waals surface area (Å²) in [5, 5.41) is 1.21. The number of rotatable bonds is 0. The van der Waals surface area contributed by atoms with Crippen LogP contribution < -0.4 is 0 Å². The van der Waals surface area contributed by atoms with Gasteiger partial charge < -0.3 is 0 Å². The molecule has 0 nitrogen and oxygen atoms in total. The highest BCUT2D eigenvalue weighted by Gasteiger charge is 2.21. The van der Waals surface area contributed by atoms with E-state index in [1.807, 2.05) is 0 Å². The van der Waals surface area contributed by atoms with Crippen LogP contribution in [0.25, 0.3) is 0 Å². The van der Waals surface area contributed by atoms with Crippen molar-refractivity contribution in [2.75, 3.05) is 0 Å². The molecule has 2 unspecified atom stereocenters. The Morgan fingerprint density at radius 2 is 0.867 bits per heavy atom. The first-order valence-electron chi connectivity index (χ1n) is 6.26. The van der Waals surface area contributed by atoms with E-state index in [0.717, 1.165) is 0 Å². The van der Waals surface area contributed by atoms with E-state index >= 15 is 0 Å². The highest BCUT2D eigenvalue weighted by molar-refractivity contribution is 7.87. The monoisotopic (exact) mass is 264 g/mol. The lowest BCUT2D eigenvalue weighted by Crippen LogP contribution is -2.26. The molecule has 1 aliphatic rings. The largest absolute Gasteiger partial charge is 0.175 e. The molecule has 1 saturated carbocycles.